The summed E-state index contributed by atoms with van der Waals surface area (Å²) < 4.78 is 2.01. The summed E-state index contributed by atoms with van der Waals surface area (Å²) in [6, 6.07) is 9.91. The molecule has 0 radical (unpaired) electrons. The summed E-state index contributed by atoms with van der Waals surface area (Å²) in [7, 11) is 0. The van der Waals surface area contributed by atoms with Gasteiger partial charge in [0, 0.05) is 35.2 Å². The number of aliphatic hydroxyl groups excluding tert-OH is 1. The number of nitrogens with zero attached hydrogens (tertiary/aromatic N) is 3. The van der Waals surface area contributed by atoms with Crippen LogP contribution in [-0.2, 0) is 0 Å². The highest BCUT2D eigenvalue weighted by Gasteiger charge is 2.24. The van der Waals surface area contributed by atoms with Gasteiger partial charge in [-0.25, -0.2) is 0 Å². The fraction of sp³-hybridized carbons (Fsp3) is 0.455. The maximum absolute atomic E-state index is 12.0. The second-order valence-electron chi connectivity index (χ2n) is 7.36. The van der Waals surface area contributed by atoms with Crippen LogP contribution in [0, 0.1) is 11.1 Å². The van der Waals surface area contributed by atoms with Crippen molar-refractivity contribution in [2.24, 2.45) is 11.0 Å². The van der Waals surface area contributed by atoms with Gasteiger partial charge in [0.15, 0.2) is 0 Å². The van der Waals surface area contributed by atoms with Crippen LogP contribution in [0.4, 0.5) is 0 Å². The lowest BCUT2D eigenvalue weighted by Crippen LogP contribution is -2.25. The van der Waals surface area contributed by atoms with E-state index in [0.717, 1.165) is 40.9 Å². The molecule has 1 aliphatic heterocycles. The number of benzene rings is 1. The third-order valence-corrected chi connectivity index (χ3v) is 5.21. The lowest BCUT2D eigenvalue weighted by molar-refractivity contribution is -0.466. The van der Waals surface area contributed by atoms with Gasteiger partial charge in [-0.05, 0) is 42.3 Å². The monoisotopic (exact) mass is 367 g/mol. The van der Waals surface area contributed by atoms with Crippen LogP contribution in [0.1, 0.15) is 69.6 Å². The highest BCUT2D eigenvalue weighted by molar-refractivity contribution is 6.00. The van der Waals surface area contributed by atoms with Crippen molar-refractivity contribution in [3.05, 3.63) is 59.1 Å². The molecule has 0 amide bonds. The molecule has 2 heterocycles. The van der Waals surface area contributed by atoms with Gasteiger partial charge in [0.25, 0.3) is 0 Å². The van der Waals surface area contributed by atoms with Gasteiger partial charge in [0.2, 0.25) is 5.71 Å². The number of hydrogen-bond donors (Lipinski definition) is 1. The van der Waals surface area contributed by atoms with E-state index in [9.17, 15) is 10.3 Å². The van der Waals surface area contributed by atoms with E-state index in [1.165, 1.54) is 19.3 Å². The van der Waals surface area contributed by atoms with Crippen LogP contribution < -0.4 is 0 Å². The van der Waals surface area contributed by atoms with Crippen molar-refractivity contribution in [1.82, 2.24) is 4.57 Å². The average molecular weight is 367 g/mol. The van der Waals surface area contributed by atoms with Gasteiger partial charge in [0.05, 0.1) is 18.2 Å². The van der Waals surface area contributed by atoms with Crippen LogP contribution in [0.15, 0.2) is 47.8 Å². The third kappa shape index (κ3) is 4.66. The van der Waals surface area contributed by atoms with E-state index in [1.54, 1.807) is 6.21 Å². The minimum atomic E-state index is -0.409. The maximum Gasteiger partial charge on any atom is 0.232 e. The fourth-order valence-corrected chi connectivity index (χ4v) is 3.54. The van der Waals surface area contributed by atoms with E-state index in [-0.39, 0.29) is 5.92 Å². The highest BCUT2D eigenvalue weighted by Crippen LogP contribution is 2.23. The Morgan fingerprint density at radius 1 is 1.22 bits per heavy atom. The van der Waals surface area contributed by atoms with Crippen molar-refractivity contribution >= 4 is 11.9 Å². The fourth-order valence-electron chi connectivity index (χ4n) is 3.54. The Hall–Kier alpha value is -2.40. The van der Waals surface area contributed by atoms with Gasteiger partial charge in [-0.15, -0.1) is 0 Å². The Morgan fingerprint density at radius 2 is 2.00 bits per heavy atom. The van der Waals surface area contributed by atoms with E-state index in [4.69, 9.17) is 0 Å². The number of aromatic nitrogens is 1. The van der Waals surface area contributed by atoms with Gasteiger partial charge in [-0.3, -0.25) is 0 Å². The SMILES string of the molecule is CCCCCCC(O)c1ccn(-c2ccc(C3=[N+]([O-])N=CCC3C)cc2)c1. The zero-order chi connectivity index (χ0) is 19.2. The number of hydrazone groups is 1. The van der Waals surface area contributed by atoms with Gasteiger partial charge in [0.1, 0.15) is 0 Å². The second-order valence-corrected chi connectivity index (χ2v) is 7.36. The molecule has 0 aliphatic carbocycles. The molecule has 3 rings (SSSR count). The molecular formula is C22H29N3O2. The van der Waals surface area contributed by atoms with E-state index in [1.807, 2.05) is 54.2 Å². The first-order chi connectivity index (χ1) is 13.1. The molecule has 1 aromatic carbocycles. The van der Waals surface area contributed by atoms with Crippen LogP contribution in [0.25, 0.3) is 5.69 Å². The molecule has 1 aliphatic rings. The van der Waals surface area contributed by atoms with Crippen LogP contribution in [0.2, 0.25) is 0 Å². The normalized spacial score (nSPS) is 18.1. The zero-order valence-electron chi connectivity index (χ0n) is 16.2. The Morgan fingerprint density at radius 3 is 2.70 bits per heavy atom. The minimum absolute atomic E-state index is 0.159. The number of unbranched alkanes of at least 4 members (excludes halogenated alkanes) is 3. The standard InChI is InChI=1S/C22H29N3O2/c1-3-4-5-6-7-21(26)19-13-15-24(16-19)20-10-8-18(9-11-20)22-17(2)12-14-23-25(22)27/h8-11,13-17,21,26H,3-7,12H2,1-2H3. The summed E-state index contributed by atoms with van der Waals surface area (Å²) in [6.07, 6.45) is 11.5. The molecule has 144 valence electrons. The molecule has 5 nitrogen and oxygen atoms in total. The Labute approximate surface area is 161 Å². The van der Waals surface area contributed by atoms with Crippen molar-refractivity contribution < 1.29 is 9.95 Å². The predicted octanol–water partition coefficient (Wildman–Crippen LogP) is 4.81. The summed E-state index contributed by atoms with van der Waals surface area (Å²) in [6.45, 7) is 4.23. The molecular weight excluding hydrogens is 338 g/mol. The summed E-state index contributed by atoms with van der Waals surface area (Å²) in [5.41, 5.74) is 3.57. The summed E-state index contributed by atoms with van der Waals surface area (Å²) in [4.78, 5) is 0.728. The van der Waals surface area contributed by atoms with Crippen LogP contribution >= 0.6 is 0 Å². The molecule has 2 unspecified atom stereocenters. The number of aliphatic hydroxyl groups is 1. The number of hydrogen-bond acceptors (Lipinski definition) is 3. The molecule has 0 saturated heterocycles. The van der Waals surface area contributed by atoms with Crippen molar-refractivity contribution in [3.8, 4) is 5.69 Å². The molecule has 1 aromatic heterocycles. The lowest BCUT2D eigenvalue weighted by Gasteiger charge is -2.15. The maximum atomic E-state index is 12.0. The van der Waals surface area contributed by atoms with E-state index >= 15 is 0 Å². The van der Waals surface area contributed by atoms with Gasteiger partial charge < -0.3 is 14.9 Å². The van der Waals surface area contributed by atoms with Crippen molar-refractivity contribution in [2.75, 3.05) is 0 Å². The summed E-state index contributed by atoms with van der Waals surface area (Å²) in [5, 5.41) is 26.3. The number of rotatable bonds is 8. The van der Waals surface area contributed by atoms with Crippen molar-refractivity contribution in [1.29, 1.82) is 0 Å². The van der Waals surface area contributed by atoms with Crippen LogP contribution in [0.3, 0.4) is 0 Å². The smallest absolute Gasteiger partial charge is 0.232 e. The average Bonchev–Trinajstić information content (AvgIpc) is 3.16. The van der Waals surface area contributed by atoms with E-state index in [0.29, 0.717) is 5.71 Å². The molecule has 0 bridgehead atoms. The first kappa shape index (κ1) is 19.4. The van der Waals surface area contributed by atoms with Gasteiger partial charge in [-0.2, -0.15) is 0 Å². The van der Waals surface area contributed by atoms with Crippen LogP contribution in [-0.4, -0.2) is 26.4 Å². The van der Waals surface area contributed by atoms with Crippen molar-refractivity contribution in [3.63, 3.8) is 0 Å². The molecule has 27 heavy (non-hydrogen) atoms. The quantitative estimate of drug-likeness (QED) is 0.413. The Balaban J connectivity index is 1.69. The molecule has 5 heteroatoms. The second kappa shape index (κ2) is 9.00. The first-order valence-electron chi connectivity index (χ1n) is 9.93. The van der Waals surface area contributed by atoms with Gasteiger partial charge in [-0.1, -0.05) is 44.4 Å². The molecule has 0 spiro atoms. The first-order valence-corrected chi connectivity index (χ1v) is 9.93. The predicted molar refractivity (Wildman–Crippen MR) is 109 cm³/mol. The molecule has 0 saturated carbocycles. The van der Waals surface area contributed by atoms with E-state index in [2.05, 4.69) is 12.0 Å². The van der Waals surface area contributed by atoms with Gasteiger partial charge >= 0.3 is 0 Å². The molecule has 2 atom stereocenters. The zero-order valence-corrected chi connectivity index (χ0v) is 16.2. The summed E-state index contributed by atoms with van der Waals surface area (Å²) in [5.74, 6) is 0.159. The van der Waals surface area contributed by atoms with Crippen LogP contribution in [0.5, 0.6) is 0 Å². The van der Waals surface area contributed by atoms with Crippen molar-refractivity contribution in [2.45, 2.75) is 58.5 Å². The molecule has 0 fully saturated rings. The summed E-state index contributed by atoms with van der Waals surface area (Å²) >= 11 is 0. The molecule has 1 N–H and O–H groups in total. The lowest BCUT2D eigenvalue weighted by atomic mass is 9.95. The third-order valence-electron chi connectivity index (χ3n) is 5.21. The minimum Gasteiger partial charge on any atom is -0.594 e. The largest absolute Gasteiger partial charge is 0.594 e. The van der Waals surface area contributed by atoms with E-state index < -0.39 is 6.10 Å². The highest BCUT2D eigenvalue weighted by atomic mass is 16.5. The Bertz CT molecular complexity index is 805. The Kier molecular flexibility index (Phi) is 6.45. The molecule has 2 aromatic rings. The topological polar surface area (TPSA) is 63.6 Å².